The second kappa shape index (κ2) is 11.1. The van der Waals surface area contributed by atoms with Crippen LogP contribution >= 0.6 is 0 Å². The average Bonchev–Trinajstić information content (AvgIpc) is 2.81. The van der Waals surface area contributed by atoms with E-state index in [-0.39, 0.29) is 6.61 Å². The molecule has 2 heterocycles. The molecule has 1 aromatic carbocycles. The Labute approximate surface area is 184 Å². The van der Waals surface area contributed by atoms with Crippen LogP contribution in [0.15, 0.2) is 24.3 Å². The summed E-state index contributed by atoms with van der Waals surface area (Å²) in [6, 6.07) is 6.96. The van der Waals surface area contributed by atoms with Crippen molar-refractivity contribution in [2.45, 2.75) is 68.0 Å². The summed E-state index contributed by atoms with van der Waals surface area (Å²) in [5.74, 6) is 0.659. The lowest BCUT2D eigenvalue weighted by Gasteiger charge is -2.42. The highest BCUT2D eigenvalue weighted by Crippen LogP contribution is 2.26. The van der Waals surface area contributed by atoms with Gasteiger partial charge in [0.2, 0.25) is 0 Å². The van der Waals surface area contributed by atoms with Gasteiger partial charge in [-0.25, -0.2) is 0 Å². The molecule has 1 aromatic rings. The number of hydrogen-bond donors (Lipinski definition) is 7. The van der Waals surface area contributed by atoms with Crippen LogP contribution in [0.25, 0.3) is 0 Å². The Morgan fingerprint density at radius 2 is 1.25 bits per heavy atom. The van der Waals surface area contributed by atoms with Crippen molar-refractivity contribution < 1.29 is 59.4 Å². The standard InChI is InChI=1S/C20H30O12/c1-28-10-4-2-9(3-5-10)7-29-19-18(27)16(25)14(23)12(32-19)8-30-20-17(26)15(24)13(22)11(6-21)31-20/h2-5,11-27H,6-8H2,1H3/t11-,12-,13-,14-,15+,16+,17-,18-,19+,20-/m1/s1. The third-order valence-corrected chi connectivity index (χ3v) is 5.52. The number of ether oxygens (including phenoxy) is 5. The SMILES string of the molecule is COc1ccc(CO[C@H]2O[C@H](CO[C@@H]3O[C@H](CO)[C@@H](O)[C@H](O)[C@H]3O)[C@@H](O)[C@H](O)[C@H]2O)cc1. The first kappa shape index (κ1) is 25.2. The Balaban J connectivity index is 1.58. The second-order valence-electron chi connectivity index (χ2n) is 7.70. The van der Waals surface area contributed by atoms with Crippen LogP contribution in [0.1, 0.15) is 5.56 Å². The van der Waals surface area contributed by atoms with Crippen molar-refractivity contribution >= 4 is 0 Å². The molecular weight excluding hydrogens is 432 g/mol. The largest absolute Gasteiger partial charge is 0.497 e. The number of aliphatic hydroxyl groups is 7. The summed E-state index contributed by atoms with van der Waals surface area (Å²) in [5.41, 5.74) is 0.747. The highest BCUT2D eigenvalue weighted by molar-refractivity contribution is 5.26. The van der Waals surface area contributed by atoms with Crippen molar-refractivity contribution in [3.63, 3.8) is 0 Å². The molecule has 0 bridgehead atoms. The third kappa shape index (κ3) is 5.55. The van der Waals surface area contributed by atoms with E-state index in [1.54, 1.807) is 24.3 Å². The van der Waals surface area contributed by atoms with Gasteiger partial charge < -0.3 is 59.4 Å². The van der Waals surface area contributed by atoms with Crippen molar-refractivity contribution in [2.75, 3.05) is 20.3 Å². The Morgan fingerprint density at radius 1 is 0.719 bits per heavy atom. The second-order valence-corrected chi connectivity index (χ2v) is 7.70. The Bertz CT molecular complexity index is 700. The minimum Gasteiger partial charge on any atom is -0.497 e. The zero-order valence-electron chi connectivity index (χ0n) is 17.4. The molecule has 3 rings (SSSR count). The van der Waals surface area contributed by atoms with Crippen molar-refractivity contribution in [2.24, 2.45) is 0 Å². The van der Waals surface area contributed by atoms with E-state index in [0.717, 1.165) is 5.56 Å². The van der Waals surface area contributed by atoms with Crippen molar-refractivity contribution in [3.05, 3.63) is 29.8 Å². The number of methoxy groups -OCH3 is 1. The zero-order valence-corrected chi connectivity index (χ0v) is 17.4. The van der Waals surface area contributed by atoms with Gasteiger partial charge in [0.15, 0.2) is 12.6 Å². The smallest absolute Gasteiger partial charge is 0.187 e. The van der Waals surface area contributed by atoms with E-state index in [1.165, 1.54) is 7.11 Å². The predicted molar refractivity (Wildman–Crippen MR) is 104 cm³/mol. The normalized spacial score (nSPS) is 40.2. The fraction of sp³-hybridized carbons (Fsp3) is 0.700. The predicted octanol–water partition coefficient (Wildman–Crippen LogP) is -3.16. The van der Waals surface area contributed by atoms with Crippen LogP contribution in [0.5, 0.6) is 5.75 Å². The summed E-state index contributed by atoms with van der Waals surface area (Å²) < 4.78 is 26.8. The van der Waals surface area contributed by atoms with Crippen LogP contribution in [0, 0.1) is 0 Å². The van der Waals surface area contributed by atoms with Gasteiger partial charge in [0, 0.05) is 0 Å². The number of hydrogen-bond acceptors (Lipinski definition) is 12. The first-order chi connectivity index (χ1) is 15.3. The van der Waals surface area contributed by atoms with Gasteiger partial charge in [-0.1, -0.05) is 12.1 Å². The lowest BCUT2D eigenvalue weighted by molar-refractivity contribution is -0.332. The summed E-state index contributed by atoms with van der Waals surface area (Å²) in [6.45, 7) is -1.01. The molecule has 2 saturated heterocycles. The number of rotatable bonds is 8. The summed E-state index contributed by atoms with van der Waals surface area (Å²) >= 11 is 0. The zero-order chi connectivity index (χ0) is 23.4. The first-order valence-corrected chi connectivity index (χ1v) is 10.1. The maximum absolute atomic E-state index is 10.2. The molecule has 0 aromatic heterocycles. The monoisotopic (exact) mass is 462 g/mol. The molecule has 0 aliphatic carbocycles. The molecular formula is C20H30O12. The quantitative estimate of drug-likeness (QED) is 0.206. The Kier molecular flexibility index (Phi) is 8.77. The lowest BCUT2D eigenvalue weighted by atomic mass is 9.98. The molecule has 32 heavy (non-hydrogen) atoms. The summed E-state index contributed by atoms with van der Waals surface area (Å²) in [5, 5.41) is 69.6. The molecule has 12 nitrogen and oxygen atoms in total. The van der Waals surface area contributed by atoms with Crippen molar-refractivity contribution in [1.29, 1.82) is 0 Å². The van der Waals surface area contributed by atoms with Gasteiger partial charge in [0.25, 0.3) is 0 Å². The van der Waals surface area contributed by atoms with Gasteiger partial charge >= 0.3 is 0 Å². The van der Waals surface area contributed by atoms with E-state index < -0.39 is 74.6 Å². The first-order valence-electron chi connectivity index (χ1n) is 10.1. The van der Waals surface area contributed by atoms with Crippen molar-refractivity contribution in [1.82, 2.24) is 0 Å². The molecule has 12 heteroatoms. The van der Waals surface area contributed by atoms with E-state index in [0.29, 0.717) is 5.75 Å². The highest BCUT2D eigenvalue weighted by atomic mass is 16.7. The van der Waals surface area contributed by atoms with Gasteiger partial charge in [0.05, 0.1) is 26.9 Å². The maximum Gasteiger partial charge on any atom is 0.187 e. The molecule has 0 spiro atoms. The van der Waals surface area contributed by atoms with E-state index in [1.807, 2.05) is 0 Å². The number of aliphatic hydroxyl groups excluding tert-OH is 7. The molecule has 182 valence electrons. The molecule has 0 amide bonds. The van der Waals surface area contributed by atoms with Crippen LogP contribution in [-0.4, -0.2) is 117 Å². The molecule has 10 atom stereocenters. The van der Waals surface area contributed by atoms with E-state index >= 15 is 0 Å². The fourth-order valence-corrected chi connectivity index (χ4v) is 3.49. The van der Waals surface area contributed by atoms with Crippen LogP contribution in [0.3, 0.4) is 0 Å². The summed E-state index contributed by atoms with van der Waals surface area (Å²) in [4.78, 5) is 0. The average molecular weight is 462 g/mol. The molecule has 0 saturated carbocycles. The van der Waals surface area contributed by atoms with E-state index in [2.05, 4.69) is 0 Å². The third-order valence-electron chi connectivity index (χ3n) is 5.52. The summed E-state index contributed by atoms with van der Waals surface area (Å²) in [7, 11) is 1.54. The molecule has 7 N–H and O–H groups in total. The Morgan fingerprint density at radius 3 is 1.81 bits per heavy atom. The van der Waals surface area contributed by atoms with Crippen LogP contribution in [0.2, 0.25) is 0 Å². The van der Waals surface area contributed by atoms with E-state index in [4.69, 9.17) is 23.7 Å². The molecule has 2 aliphatic heterocycles. The van der Waals surface area contributed by atoms with Gasteiger partial charge in [-0.05, 0) is 17.7 Å². The number of benzene rings is 1. The fourth-order valence-electron chi connectivity index (χ4n) is 3.49. The Hall–Kier alpha value is -1.42. The summed E-state index contributed by atoms with van der Waals surface area (Å²) in [6.07, 6.45) is -14.6. The van der Waals surface area contributed by atoms with Crippen LogP contribution in [-0.2, 0) is 25.6 Å². The molecule has 2 fully saturated rings. The van der Waals surface area contributed by atoms with Gasteiger partial charge in [-0.15, -0.1) is 0 Å². The molecule has 2 aliphatic rings. The van der Waals surface area contributed by atoms with Gasteiger partial charge in [-0.2, -0.15) is 0 Å². The molecule has 0 radical (unpaired) electrons. The molecule has 0 unspecified atom stereocenters. The minimum atomic E-state index is -1.63. The van der Waals surface area contributed by atoms with Crippen LogP contribution < -0.4 is 4.74 Å². The van der Waals surface area contributed by atoms with Crippen LogP contribution in [0.4, 0.5) is 0 Å². The van der Waals surface area contributed by atoms with Gasteiger partial charge in [0.1, 0.15) is 54.6 Å². The maximum atomic E-state index is 10.2. The lowest BCUT2D eigenvalue weighted by Crippen LogP contribution is -2.61. The highest BCUT2D eigenvalue weighted by Gasteiger charge is 2.47. The van der Waals surface area contributed by atoms with Crippen molar-refractivity contribution in [3.8, 4) is 5.75 Å². The van der Waals surface area contributed by atoms with E-state index in [9.17, 15) is 35.7 Å². The topological polar surface area (TPSA) is 188 Å². The van der Waals surface area contributed by atoms with Gasteiger partial charge in [-0.3, -0.25) is 0 Å². The minimum absolute atomic E-state index is 0.0365.